The molecular formula is C26H30F3N5O2. The van der Waals surface area contributed by atoms with Crippen LogP contribution >= 0.6 is 0 Å². The number of urea groups is 1. The molecule has 1 fully saturated rings. The number of nitrogens with one attached hydrogen (secondary N) is 2. The lowest BCUT2D eigenvalue weighted by Gasteiger charge is -2.33. The molecule has 2 aromatic carbocycles. The van der Waals surface area contributed by atoms with E-state index in [2.05, 4.69) is 27.6 Å². The molecule has 2 N–H and O–H groups in total. The number of benzene rings is 2. The zero-order valence-corrected chi connectivity index (χ0v) is 20.3. The van der Waals surface area contributed by atoms with Gasteiger partial charge in [-0.15, -0.1) is 0 Å². The van der Waals surface area contributed by atoms with E-state index in [0.29, 0.717) is 24.1 Å². The van der Waals surface area contributed by atoms with Gasteiger partial charge in [-0.25, -0.2) is 4.79 Å². The van der Waals surface area contributed by atoms with E-state index in [1.54, 1.807) is 29.1 Å². The molecular weight excluding hydrogens is 471 g/mol. The van der Waals surface area contributed by atoms with Crippen molar-refractivity contribution >= 4 is 17.4 Å². The molecule has 1 saturated heterocycles. The first-order valence-corrected chi connectivity index (χ1v) is 12.0. The van der Waals surface area contributed by atoms with Gasteiger partial charge in [-0.3, -0.25) is 9.58 Å². The number of rotatable bonds is 7. The number of ether oxygens (including phenoxy) is 1. The van der Waals surface area contributed by atoms with Crippen LogP contribution < -0.4 is 15.4 Å². The first-order valence-electron chi connectivity index (χ1n) is 12.0. The molecule has 192 valence electrons. The zero-order valence-electron chi connectivity index (χ0n) is 20.3. The van der Waals surface area contributed by atoms with E-state index in [4.69, 9.17) is 4.74 Å². The van der Waals surface area contributed by atoms with Crippen LogP contribution in [0.4, 0.5) is 29.3 Å². The lowest BCUT2D eigenvalue weighted by Crippen LogP contribution is -2.39. The number of anilines is 2. The fraction of sp³-hybridized carbons (Fsp3) is 0.385. The average Bonchev–Trinajstić information content (AvgIpc) is 3.26. The Morgan fingerprint density at radius 1 is 1.11 bits per heavy atom. The maximum atomic E-state index is 13.0. The normalized spacial score (nSPS) is 16.5. The molecule has 0 aliphatic carbocycles. The van der Waals surface area contributed by atoms with Crippen LogP contribution in [0, 0.1) is 0 Å². The highest BCUT2D eigenvalue weighted by Gasteiger charge is 2.30. The van der Waals surface area contributed by atoms with E-state index < -0.39 is 17.8 Å². The second-order valence-electron chi connectivity index (χ2n) is 8.94. The van der Waals surface area contributed by atoms with Crippen LogP contribution in [0.15, 0.2) is 54.7 Å². The summed E-state index contributed by atoms with van der Waals surface area (Å²) in [5.41, 5.74) is 1.23. The highest BCUT2D eigenvalue weighted by molar-refractivity contribution is 6.00. The average molecular weight is 502 g/mol. The molecule has 0 spiro atoms. The monoisotopic (exact) mass is 501 g/mol. The van der Waals surface area contributed by atoms with Crippen LogP contribution in [0.1, 0.15) is 31.7 Å². The Hall–Kier alpha value is -3.53. The first kappa shape index (κ1) is 25.6. The number of likely N-dealkylation sites (tertiary alicyclic amines) is 1. The number of carbonyl (C=O) groups is 1. The predicted molar refractivity (Wildman–Crippen MR) is 133 cm³/mol. The molecule has 1 aromatic heterocycles. The van der Waals surface area contributed by atoms with Crippen LogP contribution in [0.3, 0.4) is 0 Å². The number of halogens is 3. The Labute approximate surface area is 208 Å². The molecule has 0 bridgehead atoms. The van der Waals surface area contributed by atoms with Crippen molar-refractivity contribution in [3.63, 3.8) is 0 Å². The van der Waals surface area contributed by atoms with Gasteiger partial charge in [0.2, 0.25) is 0 Å². The molecule has 2 heterocycles. The van der Waals surface area contributed by atoms with Gasteiger partial charge in [-0.1, -0.05) is 12.5 Å². The third-order valence-corrected chi connectivity index (χ3v) is 6.36. The van der Waals surface area contributed by atoms with E-state index in [1.807, 2.05) is 13.1 Å². The van der Waals surface area contributed by atoms with Crippen molar-refractivity contribution < 1.29 is 22.7 Å². The molecule has 36 heavy (non-hydrogen) atoms. The Balaban J connectivity index is 1.46. The molecule has 10 heteroatoms. The molecule has 4 rings (SSSR count). The third-order valence-electron chi connectivity index (χ3n) is 6.36. The molecule has 1 unspecified atom stereocenters. The topological polar surface area (TPSA) is 71.4 Å². The molecule has 1 atom stereocenters. The largest absolute Gasteiger partial charge is 0.492 e. The van der Waals surface area contributed by atoms with Crippen molar-refractivity contribution in [2.45, 2.75) is 38.4 Å². The number of alkyl halides is 3. The maximum absolute atomic E-state index is 13.0. The third kappa shape index (κ3) is 6.37. The Morgan fingerprint density at radius 2 is 1.89 bits per heavy atom. The van der Waals surface area contributed by atoms with E-state index in [0.717, 1.165) is 36.5 Å². The minimum atomic E-state index is -4.49. The molecule has 1 aliphatic heterocycles. The van der Waals surface area contributed by atoms with Gasteiger partial charge in [0.1, 0.15) is 12.4 Å². The van der Waals surface area contributed by atoms with Gasteiger partial charge >= 0.3 is 12.2 Å². The minimum Gasteiger partial charge on any atom is -0.492 e. The predicted octanol–water partition coefficient (Wildman–Crippen LogP) is 6.00. The summed E-state index contributed by atoms with van der Waals surface area (Å²) in [6, 6.07) is 11.5. The lowest BCUT2D eigenvalue weighted by molar-refractivity contribution is -0.137. The van der Waals surface area contributed by atoms with Gasteiger partial charge in [-0.05, 0) is 68.8 Å². The highest BCUT2D eigenvalue weighted by atomic mass is 19.4. The molecule has 3 aromatic rings. The highest BCUT2D eigenvalue weighted by Crippen LogP contribution is 2.33. The summed E-state index contributed by atoms with van der Waals surface area (Å²) < 4.78 is 46.8. The summed E-state index contributed by atoms with van der Waals surface area (Å²) >= 11 is 0. The van der Waals surface area contributed by atoms with Crippen molar-refractivity contribution in [3.8, 4) is 17.0 Å². The van der Waals surface area contributed by atoms with E-state index in [1.165, 1.54) is 31.4 Å². The number of hydrogen-bond donors (Lipinski definition) is 2. The Bertz CT molecular complexity index is 1190. The number of carbonyl (C=O) groups excluding carboxylic acids is 1. The standard InChI is InChI=1S/C26H30F3N5O2/c1-18-6-3-4-13-34(18)14-15-36-24-10-9-21(17-22(24)23-11-12-30-33(23)2)32-25(35)31-20-8-5-7-19(16-20)26(27,28)29/h5,7-12,16-18H,3-4,6,13-15H2,1-2H3,(H2,31,32,35). The zero-order chi connectivity index (χ0) is 25.7. The summed E-state index contributed by atoms with van der Waals surface area (Å²) in [7, 11) is 1.81. The van der Waals surface area contributed by atoms with Gasteiger partial charge < -0.3 is 15.4 Å². The molecule has 0 radical (unpaired) electrons. The smallest absolute Gasteiger partial charge is 0.416 e. The summed E-state index contributed by atoms with van der Waals surface area (Å²) in [5.74, 6) is 0.659. The molecule has 2 amide bonds. The van der Waals surface area contributed by atoms with Crippen molar-refractivity contribution in [2.75, 3.05) is 30.3 Å². The van der Waals surface area contributed by atoms with Crippen LogP contribution in [0.5, 0.6) is 5.75 Å². The van der Waals surface area contributed by atoms with Crippen LogP contribution in [0.2, 0.25) is 0 Å². The summed E-state index contributed by atoms with van der Waals surface area (Å²) in [6.45, 7) is 4.66. The second-order valence-corrected chi connectivity index (χ2v) is 8.94. The number of hydrogen-bond acceptors (Lipinski definition) is 4. The van der Waals surface area contributed by atoms with Crippen molar-refractivity contribution in [3.05, 3.63) is 60.3 Å². The number of nitrogens with zero attached hydrogens (tertiary/aromatic N) is 3. The number of aromatic nitrogens is 2. The SMILES string of the molecule is CC1CCCCN1CCOc1ccc(NC(=O)Nc2cccc(C(F)(F)F)c2)cc1-c1ccnn1C. The van der Waals surface area contributed by atoms with Gasteiger partial charge in [0.25, 0.3) is 0 Å². The minimum absolute atomic E-state index is 0.0427. The Morgan fingerprint density at radius 3 is 2.58 bits per heavy atom. The number of aryl methyl sites for hydroxylation is 1. The summed E-state index contributed by atoms with van der Waals surface area (Å²) in [6.07, 6.45) is 0.846. The molecule has 0 saturated carbocycles. The molecule has 1 aliphatic rings. The van der Waals surface area contributed by atoms with Crippen molar-refractivity contribution in [1.82, 2.24) is 14.7 Å². The molecule has 7 nitrogen and oxygen atoms in total. The quantitative estimate of drug-likeness (QED) is 0.416. The summed E-state index contributed by atoms with van der Waals surface area (Å²) in [5, 5.41) is 9.37. The fourth-order valence-electron chi connectivity index (χ4n) is 4.40. The van der Waals surface area contributed by atoms with Gasteiger partial charge in [0, 0.05) is 42.8 Å². The van der Waals surface area contributed by atoms with Gasteiger partial charge in [-0.2, -0.15) is 18.3 Å². The van der Waals surface area contributed by atoms with E-state index in [9.17, 15) is 18.0 Å². The van der Waals surface area contributed by atoms with Crippen molar-refractivity contribution in [2.24, 2.45) is 7.05 Å². The first-order chi connectivity index (χ1) is 17.2. The second kappa shape index (κ2) is 11.0. The van der Waals surface area contributed by atoms with Crippen LogP contribution in [0.25, 0.3) is 11.3 Å². The maximum Gasteiger partial charge on any atom is 0.416 e. The Kier molecular flexibility index (Phi) is 7.83. The van der Waals surface area contributed by atoms with E-state index >= 15 is 0 Å². The number of piperidine rings is 1. The van der Waals surface area contributed by atoms with Gasteiger partial charge in [0.15, 0.2) is 0 Å². The lowest BCUT2D eigenvalue weighted by atomic mass is 10.0. The fourth-order valence-corrected chi connectivity index (χ4v) is 4.40. The van der Waals surface area contributed by atoms with Crippen molar-refractivity contribution in [1.29, 1.82) is 0 Å². The number of amides is 2. The van der Waals surface area contributed by atoms with E-state index in [-0.39, 0.29) is 5.69 Å². The van der Waals surface area contributed by atoms with Crippen LogP contribution in [-0.4, -0.2) is 46.4 Å². The van der Waals surface area contributed by atoms with Gasteiger partial charge in [0.05, 0.1) is 11.3 Å². The van der Waals surface area contributed by atoms with Crippen LogP contribution in [-0.2, 0) is 13.2 Å². The summed E-state index contributed by atoms with van der Waals surface area (Å²) in [4.78, 5) is 14.9.